The standard InChI is InChI=1S/C24H20ClFN4O3S/c1-15-12-21(29-23(31)17-7-6-16(26)13-18(17)25)34-22(15)24(32)28-19-4-2-3-5-20(19)33-11-10-30-9-8-27-14-30/h2-9,12-14H,10-11H2,1H3,(H,28,32)(H,29,31). The average molecular weight is 499 g/mol. The third-order valence-corrected chi connectivity index (χ3v) is 6.30. The van der Waals surface area contributed by atoms with Gasteiger partial charge in [0, 0.05) is 12.4 Å². The van der Waals surface area contributed by atoms with E-state index in [4.69, 9.17) is 16.3 Å². The van der Waals surface area contributed by atoms with E-state index in [-0.39, 0.29) is 16.5 Å². The highest BCUT2D eigenvalue weighted by molar-refractivity contribution is 7.18. The second-order valence-electron chi connectivity index (χ2n) is 7.30. The van der Waals surface area contributed by atoms with Crippen LogP contribution < -0.4 is 15.4 Å². The van der Waals surface area contributed by atoms with Crippen LogP contribution in [0.15, 0.2) is 67.3 Å². The summed E-state index contributed by atoms with van der Waals surface area (Å²) in [4.78, 5) is 29.9. The molecule has 0 radical (unpaired) electrons. The Morgan fingerprint density at radius 1 is 1.15 bits per heavy atom. The molecule has 2 amide bonds. The molecular formula is C24H20ClFN4O3S. The van der Waals surface area contributed by atoms with Gasteiger partial charge in [-0.3, -0.25) is 9.59 Å². The first kappa shape index (κ1) is 23.5. The van der Waals surface area contributed by atoms with Crippen molar-refractivity contribution in [3.8, 4) is 5.75 Å². The minimum absolute atomic E-state index is 0.00777. The third kappa shape index (κ3) is 5.62. The Morgan fingerprint density at radius 2 is 1.97 bits per heavy atom. The second-order valence-corrected chi connectivity index (χ2v) is 8.76. The largest absolute Gasteiger partial charge is 0.490 e. The Bertz CT molecular complexity index is 1320. The fourth-order valence-electron chi connectivity index (χ4n) is 3.18. The van der Waals surface area contributed by atoms with E-state index in [1.807, 2.05) is 16.8 Å². The molecule has 0 fully saturated rings. The van der Waals surface area contributed by atoms with Crippen LogP contribution in [0.3, 0.4) is 0 Å². The number of aromatic nitrogens is 2. The Balaban J connectivity index is 1.42. The van der Waals surface area contributed by atoms with Gasteiger partial charge in [0.2, 0.25) is 0 Å². The molecule has 4 rings (SSSR count). The summed E-state index contributed by atoms with van der Waals surface area (Å²) in [7, 11) is 0. The molecule has 0 saturated carbocycles. The molecule has 2 heterocycles. The first-order valence-corrected chi connectivity index (χ1v) is 11.5. The topological polar surface area (TPSA) is 85.3 Å². The van der Waals surface area contributed by atoms with Crippen LogP contribution in [-0.4, -0.2) is 28.0 Å². The molecule has 0 aliphatic carbocycles. The first-order valence-electron chi connectivity index (χ1n) is 10.3. The number of nitrogens with zero attached hydrogens (tertiary/aromatic N) is 2. The van der Waals surface area contributed by atoms with Gasteiger partial charge < -0.3 is 19.9 Å². The van der Waals surface area contributed by atoms with Crippen LogP contribution in [0.1, 0.15) is 25.6 Å². The van der Waals surface area contributed by atoms with E-state index in [1.165, 1.54) is 6.07 Å². The molecule has 0 bridgehead atoms. The second kappa shape index (κ2) is 10.5. The molecule has 0 unspecified atom stereocenters. The number of halogens is 2. The summed E-state index contributed by atoms with van der Waals surface area (Å²) in [5.41, 5.74) is 1.37. The Labute approximate surface area is 204 Å². The normalized spacial score (nSPS) is 10.7. The van der Waals surface area contributed by atoms with Crippen molar-refractivity contribution >= 4 is 45.4 Å². The number of carbonyl (C=O) groups is 2. The highest BCUT2D eigenvalue weighted by atomic mass is 35.5. The molecule has 0 aliphatic heterocycles. The van der Waals surface area contributed by atoms with Crippen LogP contribution in [0.2, 0.25) is 5.02 Å². The number of hydrogen-bond acceptors (Lipinski definition) is 5. The summed E-state index contributed by atoms with van der Waals surface area (Å²) in [6.07, 6.45) is 5.25. The predicted molar refractivity (Wildman–Crippen MR) is 131 cm³/mol. The maximum atomic E-state index is 13.3. The summed E-state index contributed by atoms with van der Waals surface area (Å²) < 4.78 is 21.0. The fourth-order valence-corrected chi connectivity index (χ4v) is 4.39. The van der Waals surface area contributed by atoms with Crippen LogP contribution >= 0.6 is 22.9 Å². The maximum Gasteiger partial charge on any atom is 0.266 e. The third-order valence-electron chi connectivity index (χ3n) is 4.84. The molecule has 7 nitrogen and oxygen atoms in total. The number of imidazole rings is 1. The molecule has 2 aromatic carbocycles. The smallest absolute Gasteiger partial charge is 0.266 e. The van der Waals surface area contributed by atoms with Crippen molar-refractivity contribution in [2.45, 2.75) is 13.5 Å². The number of nitrogens with one attached hydrogen (secondary N) is 2. The molecule has 0 aliphatic rings. The van der Waals surface area contributed by atoms with Gasteiger partial charge in [0.05, 0.1) is 39.0 Å². The van der Waals surface area contributed by atoms with Gasteiger partial charge >= 0.3 is 0 Å². The van der Waals surface area contributed by atoms with E-state index in [0.717, 1.165) is 23.5 Å². The van der Waals surface area contributed by atoms with Crippen molar-refractivity contribution in [2.24, 2.45) is 0 Å². The van der Waals surface area contributed by atoms with Crippen LogP contribution in [-0.2, 0) is 6.54 Å². The highest BCUT2D eigenvalue weighted by Gasteiger charge is 2.18. The maximum absolute atomic E-state index is 13.3. The van der Waals surface area contributed by atoms with Gasteiger partial charge in [0.25, 0.3) is 11.8 Å². The van der Waals surface area contributed by atoms with E-state index in [2.05, 4.69) is 15.6 Å². The van der Waals surface area contributed by atoms with E-state index >= 15 is 0 Å². The summed E-state index contributed by atoms with van der Waals surface area (Å²) in [5, 5.41) is 6.07. The summed E-state index contributed by atoms with van der Waals surface area (Å²) in [5.74, 6) is -0.800. The lowest BCUT2D eigenvalue weighted by atomic mass is 10.2. The molecule has 10 heteroatoms. The molecule has 4 aromatic rings. The number of para-hydroxylation sites is 2. The molecule has 2 N–H and O–H groups in total. The molecule has 0 atom stereocenters. The van der Waals surface area contributed by atoms with Gasteiger partial charge in [-0.05, 0) is 48.9 Å². The number of carbonyl (C=O) groups excluding carboxylic acids is 2. The highest BCUT2D eigenvalue weighted by Crippen LogP contribution is 2.30. The van der Waals surface area contributed by atoms with Crippen LogP contribution in [0, 0.1) is 12.7 Å². The Kier molecular flexibility index (Phi) is 7.24. The minimum atomic E-state index is -0.529. The van der Waals surface area contributed by atoms with Crippen molar-refractivity contribution < 1.29 is 18.7 Å². The molecule has 174 valence electrons. The van der Waals surface area contributed by atoms with Crippen LogP contribution in [0.4, 0.5) is 15.1 Å². The number of ether oxygens (including phenoxy) is 1. The minimum Gasteiger partial charge on any atom is -0.490 e. The van der Waals surface area contributed by atoms with Gasteiger partial charge in [-0.25, -0.2) is 9.37 Å². The molecule has 0 spiro atoms. The van der Waals surface area contributed by atoms with Crippen molar-refractivity contribution in [1.82, 2.24) is 9.55 Å². The lowest BCUT2D eigenvalue weighted by Gasteiger charge is -2.12. The molecular weight excluding hydrogens is 479 g/mol. The van der Waals surface area contributed by atoms with Crippen molar-refractivity contribution in [3.63, 3.8) is 0 Å². The number of amides is 2. The van der Waals surface area contributed by atoms with Crippen LogP contribution in [0.25, 0.3) is 0 Å². The number of hydrogen-bond donors (Lipinski definition) is 2. The van der Waals surface area contributed by atoms with Crippen molar-refractivity contribution in [2.75, 3.05) is 17.2 Å². The summed E-state index contributed by atoms with van der Waals surface area (Å²) in [6.45, 7) is 2.80. The van der Waals surface area contributed by atoms with E-state index in [1.54, 1.807) is 43.7 Å². The number of aryl methyl sites for hydroxylation is 1. The van der Waals surface area contributed by atoms with E-state index in [9.17, 15) is 14.0 Å². The lowest BCUT2D eigenvalue weighted by molar-refractivity contribution is 0.102. The number of anilines is 2. The van der Waals surface area contributed by atoms with Crippen molar-refractivity contribution in [1.29, 1.82) is 0 Å². The first-order chi connectivity index (χ1) is 16.4. The molecule has 34 heavy (non-hydrogen) atoms. The number of rotatable bonds is 8. The fraction of sp³-hybridized carbons (Fsp3) is 0.125. The van der Waals surface area contributed by atoms with Gasteiger partial charge in [-0.2, -0.15) is 0 Å². The van der Waals surface area contributed by atoms with E-state index < -0.39 is 11.7 Å². The monoisotopic (exact) mass is 498 g/mol. The zero-order chi connectivity index (χ0) is 24.1. The van der Waals surface area contributed by atoms with Gasteiger partial charge in [0.1, 0.15) is 18.2 Å². The summed E-state index contributed by atoms with van der Waals surface area (Å²) in [6, 6.07) is 12.4. The predicted octanol–water partition coefficient (Wildman–Crippen LogP) is 5.63. The number of thiophene rings is 1. The van der Waals surface area contributed by atoms with Gasteiger partial charge in [-0.15, -0.1) is 11.3 Å². The SMILES string of the molecule is Cc1cc(NC(=O)c2ccc(F)cc2Cl)sc1C(=O)Nc1ccccc1OCCn1ccnc1. The quantitative estimate of drug-likeness (QED) is 0.330. The molecule has 0 saturated heterocycles. The summed E-state index contributed by atoms with van der Waals surface area (Å²) >= 11 is 7.10. The number of benzene rings is 2. The molecule has 2 aromatic heterocycles. The Morgan fingerprint density at radius 3 is 2.74 bits per heavy atom. The zero-order valence-corrected chi connectivity index (χ0v) is 19.6. The van der Waals surface area contributed by atoms with Gasteiger partial charge in [0.15, 0.2) is 0 Å². The lowest BCUT2D eigenvalue weighted by Crippen LogP contribution is -2.13. The Hall–Kier alpha value is -3.69. The zero-order valence-electron chi connectivity index (χ0n) is 18.0. The van der Waals surface area contributed by atoms with Crippen molar-refractivity contribution in [3.05, 3.63) is 94.1 Å². The van der Waals surface area contributed by atoms with Gasteiger partial charge in [-0.1, -0.05) is 23.7 Å². The van der Waals surface area contributed by atoms with Crippen LogP contribution in [0.5, 0.6) is 5.75 Å². The average Bonchev–Trinajstić information content (AvgIpc) is 3.44. The van der Waals surface area contributed by atoms with E-state index in [0.29, 0.717) is 40.0 Å².